The van der Waals surface area contributed by atoms with E-state index < -0.39 is 0 Å². The number of ether oxygens (including phenoxy) is 1. The third-order valence-electron chi connectivity index (χ3n) is 2.92. The second-order valence-corrected chi connectivity index (χ2v) is 5.59. The average Bonchev–Trinajstić information content (AvgIpc) is 2.23. The number of nitrogens with one attached hydrogen (secondary N) is 3. The first-order chi connectivity index (χ1) is 8.86. The maximum atomic E-state index is 11.8. The summed E-state index contributed by atoms with van der Waals surface area (Å²) >= 11 is 0. The van der Waals surface area contributed by atoms with Gasteiger partial charge in [-0.3, -0.25) is 9.59 Å². The predicted molar refractivity (Wildman–Crippen MR) is 71.9 cm³/mol. The third kappa shape index (κ3) is 6.54. The predicted octanol–water partition coefficient (Wildman–Crippen LogP) is -1.68. The number of carbonyl (C=O) groups is 2. The topological polar surface area (TPSA) is 71.9 Å². The van der Waals surface area contributed by atoms with Crippen molar-refractivity contribution in [3.05, 3.63) is 0 Å². The van der Waals surface area contributed by atoms with Crippen LogP contribution in [0.15, 0.2) is 0 Å². The van der Waals surface area contributed by atoms with E-state index in [1.165, 1.54) is 4.90 Å². The molecule has 0 aromatic carbocycles. The Bertz CT molecular complexity index is 310. The van der Waals surface area contributed by atoms with Crippen LogP contribution in [0.1, 0.15) is 27.7 Å². The van der Waals surface area contributed by atoms with E-state index in [1.807, 2.05) is 27.7 Å². The van der Waals surface area contributed by atoms with Crippen LogP contribution >= 0.6 is 0 Å². The molecule has 1 heterocycles. The highest BCUT2D eigenvalue weighted by Crippen LogP contribution is 1.97. The fraction of sp³-hybridized carbons (Fsp3) is 0.846. The average molecular weight is 272 g/mol. The maximum absolute atomic E-state index is 11.8. The summed E-state index contributed by atoms with van der Waals surface area (Å²) in [6, 6.07) is 0.0935. The molecule has 0 saturated carbocycles. The van der Waals surface area contributed by atoms with Crippen LogP contribution < -0.4 is 15.5 Å². The fourth-order valence-corrected chi connectivity index (χ4v) is 2.37. The van der Waals surface area contributed by atoms with Gasteiger partial charge >= 0.3 is 0 Å². The number of hydrogen-bond donors (Lipinski definition) is 3. The molecular weight excluding hydrogens is 246 g/mol. The summed E-state index contributed by atoms with van der Waals surface area (Å²) in [5, 5.41) is 5.39. The van der Waals surface area contributed by atoms with Crippen molar-refractivity contribution in [2.45, 2.75) is 45.9 Å². The standard InChI is InChI=1S/C13H25N3O3/c1-9(2)15-12(17)5-14-13(18)8-16-6-10(3)19-11(4)7-16/h9-11H,5-8H2,1-4H3,(H,14,18)(H,15,17)/p+1/t10-,11+. The van der Waals surface area contributed by atoms with Crippen LogP contribution in [0.2, 0.25) is 0 Å². The van der Waals surface area contributed by atoms with Gasteiger partial charge in [-0.05, 0) is 27.7 Å². The lowest BCUT2D eigenvalue weighted by Crippen LogP contribution is -3.16. The van der Waals surface area contributed by atoms with E-state index in [2.05, 4.69) is 10.6 Å². The molecule has 6 nitrogen and oxygen atoms in total. The van der Waals surface area contributed by atoms with Crippen molar-refractivity contribution in [1.82, 2.24) is 10.6 Å². The molecule has 0 spiro atoms. The summed E-state index contributed by atoms with van der Waals surface area (Å²) in [7, 11) is 0. The second kappa shape index (κ2) is 7.45. The van der Waals surface area contributed by atoms with E-state index in [9.17, 15) is 9.59 Å². The largest absolute Gasteiger partial charge is 0.364 e. The Balaban J connectivity index is 2.25. The smallest absolute Gasteiger partial charge is 0.275 e. The van der Waals surface area contributed by atoms with Gasteiger partial charge in [-0.25, -0.2) is 0 Å². The lowest BCUT2D eigenvalue weighted by Gasteiger charge is -2.31. The number of hydrogen-bond acceptors (Lipinski definition) is 3. The molecule has 110 valence electrons. The molecule has 1 aliphatic rings. The van der Waals surface area contributed by atoms with E-state index in [0.29, 0.717) is 6.54 Å². The van der Waals surface area contributed by atoms with Crippen LogP contribution in [0.25, 0.3) is 0 Å². The number of morpholine rings is 1. The highest BCUT2D eigenvalue weighted by atomic mass is 16.5. The van der Waals surface area contributed by atoms with E-state index in [0.717, 1.165) is 13.1 Å². The molecule has 1 unspecified atom stereocenters. The molecule has 0 bridgehead atoms. The molecule has 1 fully saturated rings. The number of amides is 2. The zero-order valence-electron chi connectivity index (χ0n) is 12.3. The zero-order chi connectivity index (χ0) is 14.4. The molecule has 19 heavy (non-hydrogen) atoms. The van der Waals surface area contributed by atoms with Gasteiger partial charge in [0.2, 0.25) is 5.91 Å². The Morgan fingerprint density at radius 3 is 2.32 bits per heavy atom. The maximum Gasteiger partial charge on any atom is 0.275 e. The normalized spacial score (nSPS) is 27.1. The number of carbonyl (C=O) groups excluding carboxylic acids is 2. The number of rotatable bonds is 5. The quantitative estimate of drug-likeness (QED) is 0.560. The summed E-state index contributed by atoms with van der Waals surface area (Å²) in [4.78, 5) is 24.4. The lowest BCUT2D eigenvalue weighted by molar-refractivity contribution is -0.907. The van der Waals surface area contributed by atoms with Gasteiger partial charge < -0.3 is 20.3 Å². The number of quaternary nitrogens is 1. The van der Waals surface area contributed by atoms with Crippen LogP contribution in [-0.2, 0) is 14.3 Å². The molecule has 2 amide bonds. The minimum Gasteiger partial charge on any atom is -0.364 e. The van der Waals surface area contributed by atoms with E-state index in [1.54, 1.807) is 0 Å². The first-order valence-corrected chi connectivity index (χ1v) is 6.92. The Kier molecular flexibility index (Phi) is 6.24. The van der Waals surface area contributed by atoms with Gasteiger partial charge in [-0.1, -0.05) is 0 Å². The van der Waals surface area contributed by atoms with Crippen LogP contribution in [0, 0.1) is 0 Å². The summed E-state index contributed by atoms with van der Waals surface area (Å²) in [5.41, 5.74) is 0. The van der Waals surface area contributed by atoms with Gasteiger partial charge in [-0.15, -0.1) is 0 Å². The van der Waals surface area contributed by atoms with Crippen LogP contribution in [0.3, 0.4) is 0 Å². The van der Waals surface area contributed by atoms with Crippen molar-refractivity contribution in [3.63, 3.8) is 0 Å². The van der Waals surface area contributed by atoms with Gasteiger partial charge in [0.1, 0.15) is 25.3 Å². The molecule has 3 N–H and O–H groups in total. The minimum atomic E-state index is -0.151. The summed E-state index contributed by atoms with van der Waals surface area (Å²) in [5.74, 6) is -0.239. The Morgan fingerprint density at radius 1 is 1.21 bits per heavy atom. The fourth-order valence-electron chi connectivity index (χ4n) is 2.37. The minimum absolute atomic E-state index is 0.0475. The molecule has 0 aromatic rings. The molecule has 0 aromatic heterocycles. The SMILES string of the molecule is CC(C)NC(=O)CNC(=O)C[NH+]1C[C@@H](C)O[C@@H](C)C1. The van der Waals surface area contributed by atoms with Gasteiger partial charge in [0.25, 0.3) is 5.91 Å². The molecule has 1 saturated heterocycles. The lowest BCUT2D eigenvalue weighted by atomic mass is 10.2. The van der Waals surface area contributed by atoms with Crippen molar-refractivity contribution < 1.29 is 19.2 Å². The van der Waals surface area contributed by atoms with Crippen molar-refractivity contribution in [2.24, 2.45) is 0 Å². The highest BCUT2D eigenvalue weighted by Gasteiger charge is 2.27. The van der Waals surface area contributed by atoms with Gasteiger partial charge in [-0.2, -0.15) is 0 Å². The Hall–Kier alpha value is -1.14. The molecular formula is C13H26N3O3+. The van der Waals surface area contributed by atoms with E-state index in [-0.39, 0.29) is 36.6 Å². The molecule has 0 radical (unpaired) electrons. The zero-order valence-corrected chi connectivity index (χ0v) is 12.3. The van der Waals surface area contributed by atoms with Gasteiger partial charge in [0.15, 0.2) is 6.54 Å². The van der Waals surface area contributed by atoms with Crippen molar-refractivity contribution in [1.29, 1.82) is 0 Å². The van der Waals surface area contributed by atoms with Crippen LogP contribution in [-0.4, -0.2) is 56.2 Å². The van der Waals surface area contributed by atoms with E-state index in [4.69, 9.17) is 4.74 Å². The summed E-state index contributed by atoms with van der Waals surface area (Å²) in [6.07, 6.45) is 0.353. The Morgan fingerprint density at radius 2 is 1.79 bits per heavy atom. The first kappa shape index (κ1) is 15.9. The van der Waals surface area contributed by atoms with Crippen LogP contribution in [0.5, 0.6) is 0 Å². The Labute approximate surface area is 114 Å². The highest BCUT2D eigenvalue weighted by molar-refractivity contribution is 5.85. The summed E-state index contributed by atoms with van der Waals surface area (Å²) in [6.45, 7) is 9.92. The van der Waals surface area contributed by atoms with Crippen LogP contribution in [0.4, 0.5) is 0 Å². The first-order valence-electron chi connectivity index (χ1n) is 6.92. The monoisotopic (exact) mass is 272 g/mol. The molecule has 6 heteroatoms. The van der Waals surface area contributed by atoms with Gasteiger partial charge in [0.05, 0.1) is 6.54 Å². The molecule has 3 atom stereocenters. The van der Waals surface area contributed by atoms with Gasteiger partial charge in [0, 0.05) is 6.04 Å². The summed E-state index contributed by atoms with van der Waals surface area (Å²) < 4.78 is 5.62. The molecule has 1 aliphatic heterocycles. The molecule has 1 rings (SSSR count). The second-order valence-electron chi connectivity index (χ2n) is 5.59. The molecule has 0 aliphatic carbocycles. The van der Waals surface area contributed by atoms with Crippen molar-refractivity contribution >= 4 is 11.8 Å². The van der Waals surface area contributed by atoms with E-state index >= 15 is 0 Å². The third-order valence-corrected chi connectivity index (χ3v) is 2.92. The van der Waals surface area contributed by atoms with Crippen molar-refractivity contribution in [2.75, 3.05) is 26.2 Å². The van der Waals surface area contributed by atoms with Crippen molar-refractivity contribution in [3.8, 4) is 0 Å².